The third-order valence-corrected chi connectivity index (χ3v) is 5.41. The molecule has 0 N–H and O–H groups in total. The molecule has 0 aliphatic carbocycles. The van der Waals surface area contributed by atoms with E-state index in [9.17, 15) is 4.79 Å². The summed E-state index contributed by atoms with van der Waals surface area (Å²) in [7, 11) is 1.62. The van der Waals surface area contributed by atoms with Crippen molar-refractivity contribution < 1.29 is 14.3 Å². The first-order valence-corrected chi connectivity index (χ1v) is 10.1. The van der Waals surface area contributed by atoms with E-state index in [2.05, 4.69) is 36.9 Å². The molecule has 29 heavy (non-hydrogen) atoms. The molecule has 154 valence electrons. The molecule has 0 saturated carbocycles. The lowest BCUT2D eigenvalue weighted by atomic mass is 10.1. The molecule has 2 aromatic rings. The molecule has 1 fully saturated rings. The number of carbonyl (C=O) groups excluding carboxylic acids is 1. The summed E-state index contributed by atoms with van der Waals surface area (Å²) in [5.41, 5.74) is 4.80. The van der Waals surface area contributed by atoms with Crippen LogP contribution in [0.5, 0.6) is 11.5 Å². The SMILES string of the molecule is CCOc1ccc(/C=C/C(=O)N2CCN(c3cccc(C)c3C)CC2)cc1OC. The van der Waals surface area contributed by atoms with Crippen LogP contribution in [0.25, 0.3) is 6.08 Å². The van der Waals surface area contributed by atoms with Crippen LogP contribution in [0.3, 0.4) is 0 Å². The van der Waals surface area contributed by atoms with Crippen molar-refractivity contribution in [2.24, 2.45) is 0 Å². The van der Waals surface area contributed by atoms with Gasteiger partial charge in [0.05, 0.1) is 13.7 Å². The van der Waals surface area contributed by atoms with E-state index in [1.54, 1.807) is 13.2 Å². The molecule has 0 bridgehead atoms. The number of rotatable bonds is 6. The van der Waals surface area contributed by atoms with Crippen LogP contribution in [0, 0.1) is 13.8 Å². The van der Waals surface area contributed by atoms with Gasteiger partial charge in [-0.1, -0.05) is 18.2 Å². The minimum atomic E-state index is 0.0402. The Kier molecular flexibility index (Phi) is 6.81. The van der Waals surface area contributed by atoms with Gasteiger partial charge in [0.2, 0.25) is 5.91 Å². The zero-order valence-electron chi connectivity index (χ0n) is 17.8. The highest BCUT2D eigenvalue weighted by Gasteiger charge is 2.21. The number of hydrogen-bond acceptors (Lipinski definition) is 4. The number of methoxy groups -OCH3 is 1. The molecule has 5 nitrogen and oxygen atoms in total. The maximum atomic E-state index is 12.6. The standard InChI is InChI=1S/C24H30N2O3/c1-5-29-22-11-9-20(17-23(22)28-4)10-12-24(27)26-15-13-25(14-16-26)21-8-6-7-18(2)19(21)3/h6-12,17H,5,13-16H2,1-4H3/b12-10+. The molecule has 1 aliphatic heterocycles. The normalized spacial score (nSPS) is 14.3. The van der Waals surface area contributed by atoms with Gasteiger partial charge in [0.15, 0.2) is 11.5 Å². The summed E-state index contributed by atoms with van der Waals surface area (Å²) in [6.07, 6.45) is 3.47. The Morgan fingerprint density at radius 3 is 2.52 bits per heavy atom. The minimum absolute atomic E-state index is 0.0402. The first-order chi connectivity index (χ1) is 14.0. The molecule has 1 heterocycles. The number of piperazine rings is 1. The summed E-state index contributed by atoms with van der Waals surface area (Å²) in [5, 5.41) is 0. The molecule has 2 aromatic carbocycles. The second-order valence-corrected chi connectivity index (χ2v) is 7.21. The van der Waals surface area contributed by atoms with E-state index in [4.69, 9.17) is 9.47 Å². The highest BCUT2D eigenvalue weighted by molar-refractivity contribution is 5.92. The zero-order valence-corrected chi connectivity index (χ0v) is 17.8. The first kappa shape index (κ1) is 20.8. The van der Waals surface area contributed by atoms with E-state index < -0.39 is 0 Å². The van der Waals surface area contributed by atoms with Gasteiger partial charge in [-0.2, -0.15) is 0 Å². The van der Waals surface area contributed by atoms with Gasteiger partial charge in [0, 0.05) is 37.9 Å². The van der Waals surface area contributed by atoms with Crippen LogP contribution >= 0.6 is 0 Å². The number of carbonyl (C=O) groups is 1. The van der Waals surface area contributed by atoms with Crippen molar-refractivity contribution in [3.63, 3.8) is 0 Å². The van der Waals surface area contributed by atoms with Gasteiger partial charge in [0.25, 0.3) is 0 Å². The van der Waals surface area contributed by atoms with Crippen LogP contribution < -0.4 is 14.4 Å². The van der Waals surface area contributed by atoms with Gasteiger partial charge in [-0.25, -0.2) is 0 Å². The molecular formula is C24H30N2O3. The fraction of sp³-hybridized carbons (Fsp3) is 0.375. The van der Waals surface area contributed by atoms with Crippen LogP contribution in [-0.2, 0) is 4.79 Å². The Morgan fingerprint density at radius 2 is 1.83 bits per heavy atom. The third-order valence-electron chi connectivity index (χ3n) is 5.41. The second-order valence-electron chi connectivity index (χ2n) is 7.21. The van der Waals surface area contributed by atoms with Crippen molar-refractivity contribution in [3.8, 4) is 11.5 Å². The van der Waals surface area contributed by atoms with E-state index in [1.165, 1.54) is 16.8 Å². The molecule has 1 amide bonds. The number of ether oxygens (including phenoxy) is 2. The molecule has 5 heteroatoms. The fourth-order valence-electron chi connectivity index (χ4n) is 3.58. The molecule has 1 aliphatic rings. The molecule has 0 unspecified atom stereocenters. The molecule has 0 radical (unpaired) electrons. The highest BCUT2D eigenvalue weighted by Crippen LogP contribution is 2.28. The second kappa shape index (κ2) is 9.50. The van der Waals surface area contributed by atoms with E-state index >= 15 is 0 Å². The van der Waals surface area contributed by atoms with Crippen molar-refractivity contribution >= 4 is 17.7 Å². The van der Waals surface area contributed by atoms with Crippen LogP contribution in [-0.4, -0.2) is 50.7 Å². The summed E-state index contributed by atoms with van der Waals surface area (Å²) in [6.45, 7) is 9.97. The van der Waals surface area contributed by atoms with Crippen molar-refractivity contribution in [1.29, 1.82) is 0 Å². The minimum Gasteiger partial charge on any atom is -0.493 e. The third kappa shape index (κ3) is 4.91. The lowest BCUT2D eigenvalue weighted by Crippen LogP contribution is -2.48. The highest BCUT2D eigenvalue weighted by atomic mass is 16.5. The first-order valence-electron chi connectivity index (χ1n) is 10.1. The lowest BCUT2D eigenvalue weighted by Gasteiger charge is -2.36. The molecule has 0 atom stereocenters. The van der Waals surface area contributed by atoms with Gasteiger partial charge in [-0.05, 0) is 61.7 Å². The molecule has 3 rings (SSSR count). The number of aryl methyl sites for hydroxylation is 1. The Labute approximate surface area is 173 Å². The van der Waals surface area contributed by atoms with E-state index in [-0.39, 0.29) is 5.91 Å². The summed E-state index contributed by atoms with van der Waals surface area (Å²) in [6, 6.07) is 12.1. The predicted molar refractivity (Wildman–Crippen MR) is 118 cm³/mol. The smallest absolute Gasteiger partial charge is 0.246 e. The number of amides is 1. The van der Waals surface area contributed by atoms with Crippen molar-refractivity contribution in [2.75, 3.05) is 44.8 Å². The van der Waals surface area contributed by atoms with Crippen LogP contribution in [0.1, 0.15) is 23.6 Å². The lowest BCUT2D eigenvalue weighted by molar-refractivity contribution is -0.126. The van der Waals surface area contributed by atoms with Crippen molar-refractivity contribution in [3.05, 3.63) is 59.2 Å². The number of nitrogens with zero attached hydrogens (tertiary/aromatic N) is 2. The average molecular weight is 395 g/mol. The van der Waals surface area contributed by atoms with Crippen LogP contribution in [0.15, 0.2) is 42.5 Å². The molecular weight excluding hydrogens is 364 g/mol. The molecule has 0 spiro atoms. The number of benzene rings is 2. The summed E-state index contributed by atoms with van der Waals surface area (Å²) < 4.78 is 10.9. The van der Waals surface area contributed by atoms with Crippen molar-refractivity contribution in [2.45, 2.75) is 20.8 Å². The van der Waals surface area contributed by atoms with Crippen LogP contribution in [0.4, 0.5) is 5.69 Å². The van der Waals surface area contributed by atoms with Gasteiger partial charge in [0.1, 0.15) is 0 Å². The fourth-order valence-corrected chi connectivity index (χ4v) is 3.58. The Bertz CT molecular complexity index is 884. The quantitative estimate of drug-likeness (QED) is 0.693. The predicted octanol–water partition coefficient (Wildman–Crippen LogP) is 4.07. The molecule has 0 aromatic heterocycles. The number of anilines is 1. The Hall–Kier alpha value is -2.95. The van der Waals surface area contributed by atoms with Gasteiger partial charge < -0.3 is 19.3 Å². The van der Waals surface area contributed by atoms with Gasteiger partial charge in [-0.3, -0.25) is 4.79 Å². The summed E-state index contributed by atoms with van der Waals surface area (Å²) >= 11 is 0. The number of hydrogen-bond donors (Lipinski definition) is 0. The Balaban J connectivity index is 1.60. The van der Waals surface area contributed by atoms with Gasteiger partial charge in [-0.15, -0.1) is 0 Å². The van der Waals surface area contributed by atoms with E-state index in [0.29, 0.717) is 18.1 Å². The maximum absolute atomic E-state index is 12.6. The Morgan fingerprint density at radius 1 is 1.07 bits per heavy atom. The molecule has 1 saturated heterocycles. The summed E-state index contributed by atoms with van der Waals surface area (Å²) in [4.78, 5) is 16.9. The zero-order chi connectivity index (χ0) is 20.8. The maximum Gasteiger partial charge on any atom is 0.246 e. The van der Waals surface area contributed by atoms with Gasteiger partial charge >= 0.3 is 0 Å². The van der Waals surface area contributed by atoms with E-state index in [1.807, 2.05) is 36.1 Å². The monoisotopic (exact) mass is 394 g/mol. The van der Waals surface area contributed by atoms with E-state index in [0.717, 1.165) is 31.7 Å². The average Bonchev–Trinajstić information content (AvgIpc) is 2.75. The van der Waals surface area contributed by atoms with Crippen LogP contribution in [0.2, 0.25) is 0 Å². The largest absolute Gasteiger partial charge is 0.493 e. The topological polar surface area (TPSA) is 42.0 Å². The van der Waals surface area contributed by atoms with Crippen molar-refractivity contribution in [1.82, 2.24) is 4.90 Å². The summed E-state index contributed by atoms with van der Waals surface area (Å²) in [5.74, 6) is 1.42.